The van der Waals surface area contributed by atoms with Crippen molar-refractivity contribution < 1.29 is 23.4 Å². The lowest BCUT2D eigenvalue weighted by molar-refractivity contribution is -0.140. The van der Waals surface area contributed by atoms with Gasteiger partial charge in [-0.15, -0.1) is 0 Å². The average molecular weight is 509 g/mol. The van der Waals surface area contributed by atoms with E-state index >= 15 is 8.78 Å². The highest BCUT2D eigenvalue weighted by atomic mass is 28.3. The molecular weight excluding hydrogens is 462 g/mol. The van der Waals surface area contributed by atoms with Gasteiger partial charge < -0.3 is 9.84 Å². The molecule has 6 heteroatoms. The van der Waals surface area contributed by atoms with Crippen LogP contribution in [0.3, 0.4) is 0 Å². The quantitative estimate of drug-likeness (QED) is 0.125. The zero-order chi connectivity index (χ0) is 26.0. The number of unbranched alkanes of at least 4 members (excludes halogenated alkanes) is 2. The van der Waals surface area contributed by atoms with Crippen molar-refractivity contribution in [1.29, 1.82) is 0 Å². The first-order valence-corrected chi connectivity index (χ1v) is 16.7. The summed E-state index contributed by atoms with van der Waals surface area (Å²) in [6.07, 6.45) is 10.6. The number of aliphatic hydroxyl groups excluding tert-OH is 1. The van der Waals surface area contributed by atoms with Gasteiger partial charge in [0.25, 0.3) is 0 Å². The summed E-state index contributed by atoms with van der Waals surface area (Å²) in [5, 5.41) is 10.2. The largest absolute Gasteiger partial charge is 0.462 e. The summed E-state index contributed by atoms with van der Waals surface area (Å²) in [5.41, 5.74) is 0.888. The third-order valence-electron chi connectivity index (χ3n) is 7.81. The number of ether oxygens (including phenoxy) is 1. The molecule has 1 aliphatic rings. The molecule has 1 aliphatic carbocycles. The first kappa shape index (κ1) is 29.7. The molecular formula is C29H46F2O3Si. The van der Waals surface area contributed by atoms with Crippen molar-refractivity contribution in [3.63, 3.8) is 0 Å². The van der Waals surface area contributed by atoms with Crippen molar-refractivity contribution in [2.75, 3.05) is 13.2 Å². The maximum absolute atomic E-state index is 15.3. The summed E-state index contributed by atoms with van der Waals surface area (Å²) in [4.78, 5) is 11.6. The van der Waals surface area contributed by atoms with Gasteiger partial charge in [-0.25, -0.2) is 13.6 Å². The van der Waals surface area contributed by atoms with E-state index in [-0.39, 0.29) is 25.0 Å². The Bertz CT molecular complexity index is 831. The average Bonchev–Trinajstić information content (AvgIpc) is 2.83. The van der Waals surface area contributed by atoms with Crippen LogP contribution in [0.1, 0.15) is 89.5 Å². The molecule has 1 fully saturated rings. The molecule has 0 saturated heterocycles. The number of carbonyl (C=O) groups is 1. The summed E-state index contributed by atoms with van der Waals surface area (Å²) < 4.78 is 35.7. The van der Waals surface area contributed by atoms with Gasteiger partial charge in [-0.1, -0.05) is 76.9 Å². The summed E-state index contributed by atoms with van der Waals surface area (Å²) >= 11 is 0. The minimum atomic E-state index is -2.22. The van der Waals surface area contributed by atoms with E-state index in [9.17, 15) is 9.90 Å². The highest BCUT2D eigenvalue weighted by Gasteiger charge is 2.31. The molecule has 1 saturated carbocycles. The summed E-state index contributed by atoms with van der Waals surface area (Å²) in [5.74, 6) is -1.05. The van der Waals surface area contributed by atoms with Crippen LogP contribution in [-0.2, 0) is 9.53 Å². The standard InChI is InChI=1S/C29H46F2O3Si/c1-6-7-8-10-22-12-14-24(15-13-22)25-16-17-26(28(31)27(25)30)35(4,5)18-9-11-23(19-32)20-34-29(33)21(2)3/h16-17,22-24,32H,2,6-15,18-20H2,1,3-5H3. The van der Waals surface area contributed by atoms with Gasteiger partial charge in [-0.2, -0.15) is 0 Å². The molecule has 1 aromatic carbocycles. The van der Waals surface area contributed by atoms with E-state index in [4.69, 9.17) is 4.74 Å². The van der Waals surface area contributed by atoms with Gasteiger partial charge in [-0.05, 0) is 61.6 Å². The number of esters is 1. The Morgan fingerprint density at radius 1 is 1.14 bits per heavy atom. The Kier molecular flexibility index (Phi) is 12.1. The molecule has 1 unspecified atom stereocenters. The normalized spacial score (nSPS) is 19.4. The van der Waals surface area contributed by atoms with Crippen LogP contribution in [0.2, 0.25) is 19.1 Å². The molecule has 0 radical (unpaired) electrons. The van der Waals surface area contributed by atoms with Gasteiger partial charge in [0.2, 0.25) is 0 Å². The first-order chi connectivity index (χ1) is 16.6. The van der Waals surface area contributed by atoms with Gasteiger partial charge >= 0.3 is 5.97 Å². The number of hydrogen-bond donors (Lipinski definition) is 1. The van der Waals surface area contributed by atoms with Crippen molar-refractivity contribution in [3.8, 4) is 0 Å². The summed E-state index contributed by atoms with van der Waals surface area (Å²) in [6, 6.07) is 4.46. The fourth-order valence-electron chi connectivity index (χ4n) is 5.36. The third kappa shape index (κ3) is 8.82. The van der Waals surface area contributed by atoms with Crippen LogP contribution in [0.4, 0.5) is 8.78 Å². The fourth-order valence-corrected chi connectivity index (χ4v) is 7.95. The predicted molar refractivity (Wildman–Crippen MR) is 143 cm³/mol. The molecule has 0 bridgehead atoms. The van der Waals surface area contributed by atoms with E-state index in [1.165, 1.54) is 25.7 Å². The van der Waals surface area contributed by atoms with Gasteiger partial charge in [0.05, 0.1) is 14.7 Å². The lowest BCUT2D eigenvalue weighted by Gasteiger charge is -2.30. The summed E-state index contributed by atoms with van der Waals surface area (Å²) in [6.45, 7) is 11.6. The van der Waals surface area contributed by atoms with Crippen LogP contribution >= 0.6 is 0 Å². The Morgan fingerprint density at radius 2 is 1.83 bits per heavy atom. The smallest absolute Gasteiger partial charge is 0.333 e. The second-order valence-electron chi connectivity index (χ2n) is 11.2. The molecule has 1 atom stereocenters. The van der Waals surface area contributed by atoms with Crippen molar-refractivity contribution in [3.05, 3.63) is 41.5 Å². The highest BCUT2D eigenvalue weighted by molar-refractivity contribution is 6.89. The van der Waals surface area contributed by atoms with Crippen molar-refractivity contribution in [1.82, 2.24) is 0 Å². The SMILES string of the molecule is C=C(C)C(=O)OCC(CO)CCC[Si](C)(C)c1ccc(C2CCC(CCCCC)CC2)c(F)c1F. The highest BCUT2D eigenvalue weighted by Crippen LogP contribution is 2.39. The number of benzene rings is 1. The van der Waals surface area contributed by atoms with Crippen molar-refractivity contribution in [2.24, 2.45) is 11.8 Å². The molecule has 0 spiro atoms. The van der Waals surface area contributed by atoms with E-state index in [0.717, 1.165) is 44.1 Å². The van der Waals surface area contributed by atoms with Crippen LogP contribution in [0.15, 0.2) is 24.3 Å². The van der Waals surface area contributed by atoms with Crippen LogP contribution in [0.5, 0.6) is 0 Å². The van der Waals surface area contributed by atoms with Crippen LogP contribution in [0.25, 0.3) is 0 Å². The number of hydrogen-bond acceptors (Lipinski definition) is 3. The Labute approximate surface area is 212 Å². The topological polar surface area (TPSA) is 46.5 Å². The zero-order valence-corrected chi connectivity index (χ0v) is 23.3. The molecule has 198 valence electrons. The fraction of sp³-hybridized carbons (Fsp3) is 0.690. The monoisotopic (exact) mass is 508 g/mol. The van der Waals surface area contributed by atoms with E-state index < -0.39 is 25.7 Å². The number of rotatable bonds is 14. The van der Waals surface area contributed by atoms with Crippen LogP contribution in [-0.4, -0.2) is 32.4 Å². The number of aliphatic hydroxyl groups is 1. The van der Waals surface area contributed by atoms with Crippen molar-refractivity contribution >= 4 is 19.2 Å². The second kappa shape index (κ2) is 14.3. The van der Waals surface area contributed by atoms with Crippen molar-refractivity contribution in [2.45, 2.75) is 103 Å². The van der Waals surface area contributed by atoms with Gasteiger partial charge in [0, 0.05) is 18.1 Å². The van der Waals surface area contributed by atoms with E-state index in [1.807, 2.05) is 12.1 Å². The maximum Gasteiger partial charge on any atom is 0.333 e. The lowest BCUT2D eigenvalue weighted by atomic mass is 9.77. The molecule has 0 heterocycles. The molecule has 35 heavy (non-hydrogen) atoms. The molecule has 3 nitrogen and oxygen atoms in total. The Hall–Kier alpha value is -1.53. The summed E-state index contributed by atoms with van der Waals surface area (Å²) in [7, 11) is -2.22. The number of carbonyl (C=O) groups excluding carboxylic acids is 1. The minimum Gasteiger partial charge on any atom is -0.462 e. The number of halogens is 2. The molecule has 2 rings (SSSR count). The minimum absolute atomic E-state index is 0.0794. The lowest BCUT2D eigenvalue weighted by Crippen LogP contribution is -2.44. The van der Waals surface area contributed by atoms with E-state index in [1.54, 1.807) is 6.92 Å². The van der Waals surface area contributed by atoms with Gasteiger partial charge in [-0.3, -0.25) is 0 Å². The maximum atomic E-state index is 15.3. The molecule has 1 aromatic rings. The van der Waals surface area contributed by atoms with Crippen LogP contribution in [0, 0.1) is 23.5 Å². The van der Waals surface area contributed by atoms with E-state index in [0.29, 0.717) is 22.7 Å². The van der Waals surface area contributed by atoms with E-state index in [2.05, 4.69) is 26.6 Å². The zero-order valence-electron chi connectivity index (χ0n) is 22.3. The molecule has 0 amide bonds. The second-order valence-corrected chi connectivity index (χ2v) is 16.1. The molecule has 0 aromatic heterocycles. The van der Waals surface area contributed by atoms with Gasteiger partial charge in [0.1, 0.15) is 0 Å². The third-order valence-corrected chi connectivity index (χ3v) is 11.3. The predicted octanol–water partition coefficient (Wildman–Crippen LogP) is 7.24. The molecule has 0 aliphatic heterocycles. The van der Waals surface area contributed by atoms with Gasteiger partial charge in [0.15, 0.2) is 11.6 Å². The Morgan fingerprint density at radius 3 is 2.43 bits per heavy atom. The Balaban J connectivity index is 1.94. The first-order valence-electron chi connectivity index (χ1n) is 13.5. The molecule has 1 N–H and O–H groups in total. The van der Waals surface area contributed by atoms with Crippen LogP contribution < -0.4 is 5.19 Å².